The number of benzene rings is 2. The highest BCUT2D eigenvalue weighted by atomic mass is 35.5. The predicted molar refractivity (Wildman–Crippen MR) is 119 cm³/mol. The Kier molecular flexibility index (Phi) is 5.96. The Balaban J connectivity index is 1.98. The standard InChI is InChI=1S/C23H19ClFN3O4/c1-3-27(13-16-5-4-10-32-16)23-26-20-11-14(22(30)31-2)6-8-17(20)21(29)28(23)15-7-9-19(25)18(24)12-15/h4-12H,3,13H2,1-2H3. The lowest BCUT2D eigenvalue weighted by Crippen LogP contribution is -2.32. The zero-order valence-electron chi connectivity index (χ0n) is 17.3. The van der Waals surface area contributed by atoms with E-state index >= 15 is 0 Å². The van der Waals surface area contributed by atoms with Gasteiger partial charge in [-0.05, 0) is 55.5 Å². The number of carbonyl (C=O) groups excluding carboxylic acids is 1. The Hall–Kier alpha value is -3.65. The molecule has 0 spiro atoms. The van der Waals surface area contributed by atoms with Gasteiger partial charge in [0.05, 0.1) is 47.1 Å². The molecule has 0 atom stereocenters. The number of methoxy groups -OCH3 is 1. The predicted octanol–water partition coefficient (Wildman–Crippen LogP) is 4.58. The number of ether oxygens (including phenoxy) is 1. The first-order chi connectivity index (χ1) is 15.4. The van der Waals surface area contributed by atoms with E-state index in [4.69, 9.17) is 25.7 Å². The van der Waals surface area contributed by atoms with E-state index in [1.807, 2.05) is 17.9 Å². The van der Waals surface area contributed by atoms with Crippen LogP contribution in [0.2, 0.25) is 5.02 Å². The molecule has 7 nitrogen and oxygen atoms in total. The minimum atomic E-state index is -0.593. The van der Waals surface area contributed by atoms with E-state index in [1.54, 1.807) is 12.3 Å². The van der Waals surface area contributed by atoms with Crippen molar-refractivity contribution in [2.45, 2.75) is 13.5 Å². The SMILES string of the molecule is CCN(Cc1ccco1)c1nc2cc(C(=O)OC)ccc2c(=O)n1-c1ccc(F)c(Cl)c1. The van der Waals surface area contributed by atoms with Crippen molar-refractivity contribution in [3.8, 4) is 5.69 Å². The molecule has 0 N–H and O–H groups in total. The molecule has 2 heterocycles. The van der Waals surface area contributed by atoms with E-state index in [0.717, 1.165) is 0 Å². The number of nitrogens with zero attached hydrogens (tertiary/aromatic N) is 3. The van der Waals surface area contributed by atoms with Crippen LogP contribution >= 0.6 is 11.6 Å². The van der Waals surface area contributed by atoms with Gasteiger partial charge in [-0.1, -0.05) is 11.6 Å². The van der Waals surface area contributed by atoms with Gasteiger partial charge < -0.3 is 14.1 Å². The van der Waals surface area contributed by atoms with Crippen molar-refractivity contribution in [3.63, 3.8) is 0 Å². The summed E-state index contributed by atoms with van der Waals surface area (Å²) in [5, 5.41) is 0.173. The lowest BCUT2D eigenvalue weighted by molar-refractivity contribution is 0.0601. The number of rotatable bonds is 6. The number of fused-ring (bicyclic) bond motifs is 1. The van der Waals surface area contributed by atoms with Crippen molar-refractivity contribution >= 4 is 34.4 Å². The van der Waals surface area contributed by atoms with Crippen molar-refractivity contribution in [1.82, 2.24) is 9.55 Å². The minimum absolute atomic E-state index is 0.115. The summed E-state index contributed by atoms with van der Waals surface area (Å²) in [7, 11) is 1.28. The van der Waals surface area contributed by atoms with Crippen LogP contribution in [0.25, 0.3) is 16.6 Å². The molecule has 2 aromatic carbocycles. The summed E-state index contributed by atoms with van der Waals surface area (Å²) >= 11 is 6.00. The van der Waals surface area contributed by atoms with Crippen LogP contribution in [0.5, 0.6) is 0 Å². The molecule has 0 radical (unpaired) electrons. The van der Waals surface area contributed by atoms with Crippen LogP contribution in [0, 0.1) is 5.82 Å². The number of aromatic nitrogens is 2. The molecule has 0 saturated carbocycles. The normalized spacial score (nSPS) is 11.0. The fourth-order valence-electron chi connectivity index (χ4n) is 3.40. The smallest absolute Gasteiger partial charge is 0.337 e. The van der Waals surface area contributed by atoms with Crippen molar-refractivity contribution in [2.75, 3.05) is 18.6 Å². The van der Waals surface area contributed by atoms with Gasteiger partial charge in [0.25, 0.3) is 5.56 Å². The van der Waals surface area contributed by atoms with Gasteiger partial charge in [-0.3, -0.25) is 4.79 Å². The molecular formula is C23H19ClFN3O4. The molecule has 0 fully saturated rings. The van der Waals surface area contributed by atoms with Gasteiger partial charge >= 0.3 is 5.97 Å². The van der Waals surface area contributed by atoms with Crippen molar-refractivity contribution in [2.24, 2.45) is 0 Å². The van der Waals surface area contributed by atoms with Crippen LogP contribution in [-0.4, -0.2) is 29.2 Å². The Labute approximate surface area is 187 Å². The van der Waals surface area contributed by atoms with E-state index in [2.05, 4.69) is 0 Å². The third-order valence-electron chi connectivity index (χ3n) is 5.03. The third-order valence-corrected chi connectivity index (χ3v) is 5.32. The fraction of sp³-hybridized carbons (Fsp3) is 0.174. The maximum Gasteiger partial charge on any atom is 0.337 e. The first kappa shape index (κ1) is 21.6. The molecule has 0 amide bonds. The highest BCUT2D eigenvalue weighted by Gasteiger charge is 2.20. The largest absolute Gasteiger partial charge is 0.467 e. The van der Waals surface area contributed by atoms with Crippen molar-refractivity contribution in [3.05, 3.63) is 87.3 Å². The fourth-order valence-corrected chi connectivity index (χ4v) is 3.58. The van der Waals surface area contributed by atoms with E-state index in [9.17, 15) is 14.0 Å². The topological polar surface area (TPSA) is 77.6 Å². The number of furan rings is 1. The van der Waals surface area contributed by atoms with Crippen LogP contribution in [0.15, 0.2) is 64.0 Å². The summed E-state index contributed by atoms with van der Waals surface area (Å²) in [4.78, 5) is 32.1. The molecule has 0 bridgehead atoms. The zero-order valence-corrected chi connectivity index (χ0v) is 18.1. The molecule has 4 rings (SSSR count). The molecule has 0 aliphatic heterocycles. The van der Waals surface area contributed by atoms with Gasteiger partial charge in [-0.25, -0.2) is 18.7 Å². The lowest BCUT2D eigenvalue weighted by Gasteiger charge is -2.25. The van der Waals surface area contributed by atoms with Crippen molar-refractivity contribution in [1.29, 1.82) is 0 Å². The average Bonchev–Trinajstić information content (AvgIpc) is 3.31. The van der Waals surface area contributed by atoms with Gasteiger partial charge in [-0.2, -0.15) is 0 Å². The monoisotopic (exact) mass is 455 g/mol. The van der Waals surface area contributed by atoms with Gasteiger partial charge in [0, 0.05) is 6.54 Å². The van der Waals surface area contributed by atoms with Crippen LogP contribution in [0.1, 0.15) is 23.0 Å². The Morgan fingerprint density at radius 3 is 2.72 bits per heavy atom. The summed E-state index contributed by atoms with van der Waals surface area (Å²) in [6.07, 6.45) is 1.56. The van der Waals surface area contributed by atoms with Crippen molar-refractivity contribution < 1.29 is 18.3 Å². The lowest BCUT2D eigenvalue weighted by atomic mass is 10.1. The van der Waals surface area contributed by atoms with E-state index in [0.29, 0.717) is 36.0 Å². The average molecular weight is 456 g/mol. The Morgan fingerprint density at radius 2 is 2.06 bits per heavy atom. The molecule has 0 aliphatic rings. The molecule has 4 aromatic rings. The van der Waals surface area contributed by atoms with Gasteiger partial charge in [0.2, 0.25) is 5.95 Å². The first-order valence-corrected chi connectivity index (χ1v) is 10.2. The first-order valence-electron chi connectivity index (χ1n) is 9.80. The second kappa shape index (κ2) is 8.84. The number of halogens is 2. The molecule has 164 valence electrons. The molecule has 2 aromatic heterocycles. The van der Waals surface area contributed by atoms with Gasteiger partial charge in [0.1, 0.15) is 11.6 Å². The van der Waals surface area contributed by atoms with Gasteiger partial charge in [-0.15, -0.1) is 0 Å². The van der Waals surface area contributed by atoms with Gasteiger partial charge in [0.15, 0.2) is 0 Å². The van der Waals surface area contributed by atoms with Crippen LogP contribution in [-0.2, 0) is 11.3 Å². The summed E-state index contributed by atoms with van der Waals surface area (Å²) in [5.41, 5.74) is 0.576. The van der Waals surface area contributed by atoms with Crippen LogP contribution in [0.4, 0.5) is 10.3 Å². The molecule has 0 aliphatic carbocycles. The molecule has 32 heavy (non-hydrogen) atoms. The Morgan fingerprint density at radius 1 is 1.25 bits per heavy atom. The number of carbonyl (C=O) groups is 1. The number of hydrogen-bond donors (Lipinski definition) is 0. The summed E-state index contributed by atoms with van der Waals surface area (Å²) in [6, 6.07) is 12.1. The van der Waals surface area contributed by atoms with E-state index in [1.165, 1.54) is 48.1 Å². The quantitative estimate of drug-likeness (QED) is 0.396. The zero-order chi connectivity index (χ0) is 22.8. The summed E-state index contributed by atoms with van der Waals surface area (Å²) in [6.45, 7) is 2.74. The second-order valence-electron chi connectivity index (χ2n) is 6.97. The Bertz CT molecular complexity index is 1350. The number of hydrogen-bond acceptors (Lipinski definition) is 6. The maximum absolute atomic E-state index is 13.8. The summed E-state index contributed by atoms with van der Waals surface area (Å²) in [5.74, 6) is -0.156. The highest BCUT2D eigenvalue weighted by molar-refractivity contribution is 6.30. The molecule has 9 heteroatoms. The van der Waals surface area contributed by atoms with Crippen LogP contribution < -0.4 is 10.5 Å². The third kappa shape index (κ3) is 3.97. The number of esters is 1. The van der Waals surface area contributed by atoms with Crippen LogP contribution in [0.3, 0.4) is 0 Å². The molecular weight excluding hydrogens is 437 g/mol. The second-order valence-corrected chi connectivity index (χ2v) is 7.38. The van der Waals surface area contributed by atoms with E-state index < -0.39 is 11.8 Å². The van der Waals surface area contributed by atoms with E-state index in [-0.39, 0.29) is 21.5 Å². The maximum atomic E-state index is 13.8. The molecule has 0 saturated heterocycles. The highest BCUT2D eigenvalue weighted by Crippen LogP contribution is 2.25. The number of anilines is 1. The summed E-state index contributed by atoms with van der Waals surface area (Å²) < 4.78 is 25.4. The molecule has 0 unspecified atom stereocenters. The minimum Gasteiger partial charge on any atom is -0.467 e.